The van der Waals surface area contributed by atoms with Crippen LogP contribution in [-0.2, 0) is 9.59 Å². The summed E-state index contributed by atoms with van der Waals surface area (Å²) in [5.41, 5.74) is 0. The molecule has 0 bridgehead atoms. The highest BCUT2D eigenvalue weighted by molar-refractivity contribution is 5.81. The Balaban J connectivity index is 1.68. The van der Waals surface area contributed by atoms with Crippen molar-refractivity contribution in [2.75, 3.05) is 13.1 Å². The zero-order valence-electron chi connectivity index (χ0n) is 12.2. The second-order valence-electron chi connectivity index (χ2n) is 6.44. The first kappa shape index (κ1) is 15.3. The van der Waals surface area contributed by atoms with E-state index >= 15 is 0 Å². The Morgan fingerprint density at radius 1 is 1.20 bits per heavy atom. The Bertz CT molecular complexity index is 351. The van der Waals surface area contributed by atoms with E-state index in [1.54, 1.807) is 0 Å². The van der Waals surface area contributed by atoms with E-state index in [0.29, 0.717) is 18.4 Å². The molecule has 2 fully saturated rings. The number of piperidine rings is 1. The highest BCUT2D eigenvalue weighted by Gasteiger charge is 2.28. The highest BCUT2D eigenvalue weighted by atomic mass is 16.4. The lowest BCUT2D eigenvalue weighted by molar-refractivity contribution is -0.143. The Labute approximate surface area is 120 Å². The molecule has 2 atom stereocenters. The van der Waals surface area contributed by atoms with Gasteiger partial charge in [-0.25, -0.2) is 0 Å². The van der Waals surface area contributed by atoms with Gasteiger partial charge in [0.2, 0.25) is 5.91 Å². The average Bonchev–Trinajstić information content (AvgIpc) is 2.45. The van der Waals surface area contributed by atoms with Gasteiger partial charge in [0.05, 0.1) is 12.0 Å². The topological polar surface area (TPSA) is 78.4 Å². The molecule has 0 aromatic carbocycles. The fourth-order valence-corrected chi connectivity index (χ4v) is 3.29. The number of rotatable bonds is 4. The fourth-order valence-electron chi connectivity index (χ4n) is 3.29. The lowest BCUT2D eigenvalue weighted by atomic mass is 9.82. The molecular formula is C15H26N2O3. The predicted octanol–water partition coefficient (Wildman–Crippen LogP) is 1.38. The monoisotopic (exact) mass is 282 g/mol. The molecule has 0 spiro atoms. The minimum Gasteiger partial charge on any atom is -0.481 e. The molecule has 1 aliphatic carbocycles. The minimum atomic E-state index is -0.673. The third-order valence-electron chi connectivity index (χ3n) is 4.74. The first-order chi connectivity index (χ1) is 9.56. The molecule has 1 aliphatic heterocycles. The number of hydrogen-bond acceptors (Lipinski definition) is 3. The maximum absolute atomic E-state index is 12.1. The molecule has 114 valence electrons. The van der Waals surface area contributed by atoms with Crippen LogP contribution in [0.3, 0.4) is 0 Å². The molecule has 3 N–H and O–H groups in total. The summed E-state index contributed by atoms with van der Waals surface area (Å²) in [5, 5.41) is 15.3. The van der Waals surface area contributed by atoms with Crippen molar-refractivity contribution in [3.63, 3.8) is 0 Å². The van der Waals surface area contributed by atoms with Crippen LogP contribution in [0.25, 0.3) is 0 Å². The van der Waals surface area contributed by atoms with Gasteiger partial charge in [-0.05, 0) is 56.9 Å². The number of carbonyl (C=O) groups is 2. The maximum Gasteiger partial charge on any atom is 0.306 e. The van der Waals surface area contributed by atoms with E-state index in [-0.39, 0.29) is 17.9 Å². The zero-order valence-corrected chi connectivity index (χ0v) is 12.2. The first-order valence-corrected chi connectivity index (χ1v) is 7.80. The van der Waals surface area contributed by atoms with E-state index in [1.165, 1.54) is 0 Å². The summed E-state index contributed by atoms with van der Waals surface area (Å²) in [4.78, 5) is 23.0. The standard InChI is InChI=1S/C15H26N2O3/c1-10-6-7-16-13(8-10)14(18)17-9-11-2-4-12(5-3-11)15(19)20/h10-13,16H,2-9H2,1H3,(H,17,18)(H,19,20). The summed E-state index contributed by atoms with van der Waals surface area (Å²) in [6, 6.07) is -0.0471. The van der Waals surface area contributed by atoms with Crippen molar-refractivity contribution in [2.45, 2.75) is 51.5 Å². The SMILES string of the molecule is CC1CCNC(C(=O)NCC2CCC(C(=O)O)CC2)C1. The number of amides is 1. The van der Waals surface area contributed by atoms with E-state index in [2.05, 4.69) is 17.6 Å². The van der Waals surface area contributed by atoms with E-state index in [0.717, 1.165) is 45.1 Å². The Hall–Kier alpha value is -1.10. The Kier molecular flexibility index (Phi) is 5.40. The summed E-state index contributed by atoms with van der Waals surface area (Å²) in [5.74, 6) is 0.307. The molecular weight excluding hydrogens is 256 g/mol. The number of hydrogen-bond donors (Lipinski definition) is 3. The molecule has 5 heteroatoms. The van der Waals surface area contributed by atoms with Crippen LogP contribution in [0.15, 0.2) is 0 Å². The summed E-state index contributed by atoms with van der Waals surface area (Å²) in [6.07, 6.45) is 5.36. The van der Waals surface area contributed by atoms with Crippen LogP contribution in [0, 0.1) is 17.8 Å². The fraction of sp³-hybridized carbons (Fsp3) is 0.867. The van der Waals surface area contributed by atoms with Gasteiger partial charge in [-0.2, -0.15) is 0 Å². The third kappa shape index (κ3) is 4.20. The van der Waals surface area contributed by atoms with Gasteiger partial charge < -0.3 is 15.7 Å². The quantitative estimate of drug-likeness (QED) is 0.728. The minimum absolute atomic E-state index is 0.0471. The van der Waals surface area contributed by atoms with Crippen molar-refractivity contribution in [2.24, 2.45) is 17.8 Å². The molecule has 2 unspecified atom stereocenters. The van der Waals surface area contributed by atoms with E-state index < -0.39 is 5.97 Å². The lowest BCUT2D eigenvalue weighted by Gasteiger charge is -2.29. The molecule has 0 aromatic heterocycles. The van der Waals surface area contributed by atoms with Gasteiger partial charge in [0.1, 0.15) is 0 Å². The zero-order chi connectivity index (χ0) is 14.5. The van der Waals surface area contributed by atoms with Crippen LogP contribution >= 0.6 is 0 Å². The van der Waals surface area contributed by atoms with E-state index in [9.17, 15) is 9.59 Å². The summed E-state index contributed by atoms with van der Waals surface area (Å²) >= 11 is 0. The summed E-state index contributed by atoms with van der Waals surface area (Å²) in [6.45, 7) is 3.80. The molecule has 0 aromatic rings. The molecule has 1 saturated heterocycles. The van der Waals surface area contributed by atoms with Gasteiger partial charge in [0.25, 0.3) is 0 Å². The van der Waals surface area contributed by atoms with Crippen LogP contribution < -0.4 is 10.6 Å². The molecule has 1 amide bonds. The van der Waals surface area contributed by atoms with Crippen LogP contribution in [0.5, 0.6) is 0 Å². The number of carboxylic acid groups (broad SMARTS) is 1. The number of aliphatic carboxylic acids is 1. The van der Waals surface area contributed by atoms with E-state index in [4.69, 9.17) is 5.11 Å². The van der Waals surface area contributed by atoms with Crippen molar-refractivity contribution in [1.82, 2.24) is 10.6 Å². The Morgan fingerprint density at radius 2 is 1.90 bits per heavy atom. The smallest absolute Gasteiger partial charge is 0.306 e. The van der Waals surface area contributed by atoms with Crippen molar-refractivity contribution >= 4 is 11.9 Å². The van der Waals surface area contributed by atoms with Crippen molar-refractivity contribution in [3.8, 4) is 0 Å². The first-order valence-electron chi connectivity index (χ1n) is 7.80. The second kappa shape index (κ2) is 7.07. The van der Waals surface area contributed by atoms with Crippen LogP contribution in [-0.4, -0.2) is 36.1 Å². The summed E-state index contributed by atoms with van der Waals surface area (Å²) in [7, 11) is 0. The summed E-state index contributed by atoms with van der Waals surface area (Å²) < 4.78 is 0. The molecule has 2 rings (SSSR count). The van der Waals surface area contributed by atoms with Gasteiger partial charge in [-0.1, -0.05) is 6.92 Å². The van der Waals surface area contributed by atoms with Gasteiger partial charge in [-0.3, -0.25) is 9.59 Å². The lowest BCUT2D eigenvalue weighted by Crippen LogP contribution is -2.49. The number of carbonyl (C=O) groups excluding carboxylic acids is 1. The molecule has 0 radical (unpaired) electrons. The number of carboxylic acids is 1. The molecule has 1 heterocycles. The molecule has 20 heavy (non-hydrogen) atoms. The third-order valence-corrected chi connectivity index (χ3v) is 4.74. The largest absolute Gasteiger partial charge is 0.481 e. The maximum atomic E-state index is 12.1. The predicted molar refractivity (Wildman–Crippen MR) is 76.3 cm³/mol. The number of nitrogens with one attached hydrogen (secondary N) is 2. The molecule has 5 nitrogen and oxygen atoms in total. The highest BCUT2D eigenvalue weighted by Crippen LogP contribution is 2.28. The van der Waals surface area contributed by atoms with Gasteiger partial charge >= 0.3 is 5.97 Å². The van der Waals surface area contributed by atoms with Crippen molar-refractivity contribution < 1.29 is 14.7 Å². The normalized spacial score (nSPS) is 34.5. The van der Waals surface area contributed by atoms with Crippen LogP contribution in [0.1, 0.15) is 45.4 Å². The second-order valence-corrected chi connectivity index (χ2v) is 6.44. The van der Waals surface area contributed by atoms with Gasteiger partial charge in [0.15, 0.2) is 0 Å². The van der Waals surface area contributed by atoms with Crippen LogP contribution in [0.4, 0.5) is 0 Å². The molecule has 1 saturated carbocycles. The van der Waals surface area contributed by atoms with E-state index in [1.807, 2.05) is 0 Å². The van der Waals surface area contributed by atoms with Crippen molar-refractivity contribution in [1.29, 1.82) is 0 Å². The van der Waals surface area contributed by atoms with Gasteiger partial charge in [0, 0.05) is 6.54 Å². The average molecular weight is 282 g/mol. The Morgan fingerprint density at radius 3 is 2.50 bits per heavy atom. The van der Waals surface area contributed by atoms with Gasteiger partial charge in [-0.15, -0.1) is 0 Å². The molecule has 2 aliphatic rings. The van der Waals surface area contributed by atoms with Crippen molar-refractivity contribution in [3.05, 3.63) is 0 Å². The van der Waals surface area contributed by atoms with Crippen LogP contribution in [0.2, 0.25) is 0 Å².